The molecule has 0 amide bonds. The molecule has 1 fully saturated rings. The molecule has 2 heterocycles. The van der Waals surface area contributed by atoms with Gasteiger partial charge in [0.1, 0.15) is 11.3 Å². The molecule has 0 bridgehead atoms. The van der Waals surface area contributed by atoms with E-state index in [9.17, 15) is 0 Å². The minimum absolute atomic E-state index is 0.585. The maximum absolute atomic E-state index is 6.12. The minimum atomic E-state index is 0.585. The van der Waals surface area contributed by atoms with Gasteiger partial charge in [-0.3, -0.25) is 0 Å². The number of anilines is 1. The molecule has 0 atom stereocenters. The first-order valence-corrected chi connectivity index (χ1v) is 9.46. The predicted molar refractivity (Wildman–Crippen MR) is 110 cm³/mol. The van der Waals surface area contributed by atoms with Crippen LogP contribution < -0.4 is 5.73 Å². The number of para-hydroxylation sites is 1. The van der Waals surface area contributed by atoms with Crippen molar-refractivity contribution in [2.45, 2.75) is 32.2 Å². The summed E-state index contributed by atoms with van der Waals surface area (Å²) >= 11 is 0. The average molecular weight is 354 g/mol. The summed E-state index contributed by atoms with van der Waals surface area (Å²) in [5.41, 5.74) is 13.6. The van der Waals surface area contributed by atoms with Crippen LogP contribution in [0.4, 0.5) is 5.69 Å². The van der Waals surface area contributed by atoms with Crippen LogP contribution in [0.1, 0.15) is 35.7 Å². The van der Waals surface area contributed by atoms with Gasteiger partial charge in [-0.25, -0.2) is 9.97 Å². The number of benzene rings is 2. The third-order valence-corrected chi connectivity index (χ3v) is 5.37. The molecule has 2 N–H and O–H groups in total. The number of aromatic nitrogens is 3. The molecule has 0 saturated heterocycles. The highest BCUT2D eigenvalue weighted by Crippen LogP contribution is 2.41. The summed E-state index contributed by atoms with van der Waals surface area (Å²) in [6, 6.07) is 18.7. The fourth-order valence-electron chi connectivity index (χ4n) is 3.70. The largest absolute Gasteiger partial charge is 0.398 e. The van der Waals surface area contributed by atoms with Crippen LogP contribution in [0.15, 0.2) is 60.8 Å². The molecule has 4 nitrogen and oxygen atoms in total. The molecule has 27 heavy (non-hydrogen) atoms. The lowest BCUT2D eigenvalue weighted by atomic mass is 10.0. The topological polar surface area (TPSA) is 56.7 Å². The molecule has 1 aliphatic carbocycles. The Morgan fingerprint density at radius 2 is 1.81 bits per heavy atom. The van der Waals surface area contributed by atoms with Gasteiger partial charge >= 0.3 is 0 Å². The fraction of sp³-hybridized carbons (Fsp3) is 0.217. The number of imidazole rings is 1. The van der Waals surface area contributed by atoms with Gasteiger partial charge in [-0.1, -0.05) is 42.5 Å². The van der Waals surface area contributed by atoms with Crippen molar-refractivity contribution >= 4 is 16.9 Å². The van der Waals surface area contributed by atoms with E-state index < -0.39 is 0 Å². The Morgan fingerprint density at radius 3 is 2.56 bits per heavy atom. The van der Waals surface area contributed by atoms with Crippen molar-refractivity contribution in [1.29, 1.82) is 0 Å². The minimum Gasteiger partial charge on any atom is -0.398 e. The highest BCUT2D eigenvalue weighted by Gasteiger charge is 2.30. The number of nitrogens with two attached hydrogens (primary N) is 1. The van der Waals surface area contributed by atoms with E-state index >= 15 is 0 Å². The molecule has 0 spiro atoms. The lowest BCUT2D eigenvalue weighted by Crippen LogP contribution is -2.05. The summed E-state index contributed by atoms with van der Waals surface area (Å²) in [6.45, 7) is 2.90. The van der Waals surface area contributed by atoms with Gasteiger partial charge in [0.05, 0.1) is 6.54 Å². The van der Waals surface area contributed by atoms with E-state index in [0.717, 1.165) is 34.5 Å². The quantitative estimate of drug-likeness (QED) is 0.530. The van der Waals surface area contributed by atoms with E-state index in [-0.39, 0.29) is 0 Å². The smallest absolute Gasteiger partial charge is 0.160 e. The molecule has 134 valence electrons. The van der Waals surface area contributed by atoms with Gasteiger partial charge in [0.2, 0.25) is 0 Å². The SMILES string of the molecule is Cc1ccnc2c1nc(C1CC1)n2Cc1ccc(-c2ccccc2N)cc1. The maximum atomic E-state index is 6.12. The zero-order chi connectivity index (χ0) is 18.4. The standard InChI is InChI=1S/C23H22N4/c1-15-12-13-25-23-21(15)26-22(18-10-11-18)27(23)14-16-6-8-17(9-7-16)19-4-2-3-5-20(19)24/h2-9,12-13,18H,10-11,14,24H2,1H3. The van der Waals surface area contributed by atoms with Crippen molar-refractivity contribution in [1.82, 2.24) is 14.5 Å². The van der Waals surface area contributed by atoms with Crippen LogP contribution in [0, 0.1) is 6.92 Å². The Kier molecular flexibility index (Phi) is 3.71. The van der Waals surface area contributed by atoms with E-state index in [4.69, 9.17) is 10.7 Å². The zero-order valence-corrected chi connectivity index (χ0v) is 15.4. The van der Waals surface area contributed by atoms with Crippen molar-refractivity contribution in [2.24, 2.45) is 0 Å². The Morgan fingerprint density at radius 1 is 1.04 bits per heavy atom. The van der Waals surface area contributed by atoms with Gasteiger partial charge in [0.25, 0.3) is 0 Å². The summed E-state index contributed by atoms with van der Waals surface area (Å²) in [4.78, 5) is 9.56. The zero-order valence-electron chi connectivity index (χ0n) is 15.4. The van der Waals surface area contributed by atoms with Crippen molar-refractivity contribution in [3.8, 4) is 11.1 Å². The second-order valence-corrected chi connectivity index (χ2v) is 7.41. The van der Waals surface area contributed by atoms with Crippen molar-refractivity contribution < 1.29 is 0 Å². The highest BCUT2D eigenvalue weighted by atomic mass is 15.1. The number of aryl methyl sites for hydroxylation is 1. The van der Waals surface area contributed by atoms with Crippen LogP contribution in [0.5, 0.6) is 0 Å². The number of hydrogen-bond acceptors (Lipinski definition) is 3. The molecule has 5 rings (SSSR count). The molecular weight excluding hydrogens is 332 g/mol. The highest BCUT2D eigenvalue weighted by molar-refractivity contribution is 5.77. The third-order valence-electron chi connectivity index (χ3n) is 5.37. The molecule has 4 heteroatoms. The molecule has 2 aromatic heterocycles. The number of hydrogen-bond donors (Lipinski definition) is 1. The van der Waals surface area contributed by atoms with Crippen LogP contribution in [-0.4, -0.2) is 14.5 Å². The predicted octanol–water partition coefficient (Wildman–Crippen LogP) is 4.91. The van der Waals surface area contributed by atoms with E-state index in [0.29, 0.717) is 5.92 Å². The monoisotopic (exact) mass is 354 g/mol. The van der Waals surface area contributed by atoms with E-state index in [1.54, 1.807) is 0 Å². The second kappa shape index (κ2) is 6.23. The first-order chi connectivity index (χ1) is 13.2. The van der Waals surface area contributed by atoms with E-state index in [1.807, 2.05) is 30.5 Å². The molecule has 1 saturated carbocycles. The second-order valence-electron chi connectivity index (χ2n) is 7.41. The van der Waals surface area contributed by atoms with Crippen LogP contribution in [0.25, 0.3) is 22.3 Å². The van der Waals surface area contributed by atoms with Gasteiger partial charge in [0, 0.05) is 23.4 Å². The van der Waals surface area contributed by atoms with Crippen molar-refractivity contribution in [3.05, 3.63) is 77.7 Å². The van der Waals surface area contributed by atoms with Gasteiger partial charge < -0.3 is 10.3 Å². The van der Waals surface area contributed by atoms with Gasteiger partial charge in [0.15, 0.2) is 5.65 Å². The van der Waals surface area contributed by atoms with E-state index in [1.165, 1.54) is 29.8 Å². The van der Waals surface area contributed by atoms with Gasteiger partial charge in [-0.05, 0) is 48.6 Å². The Hall–Kier alpha value is -3.14. The molecular formula is C23H22N4. The summed E-state index contributed by atoms with van der Waals surface area (Å²) in [6.07, 6.45) is 4.34. The lowest BCUT2D eigenvalue weighted by molar-refractivity contribution is 0.740. The Bertz CT molecular complexity index is 1120. The summed E-state index contributed by atoms with van der Waals surface area (Å²) in [5, 5.41) is 0. The number of fused-ring (bicyclic) bond motifs is 1. The fourth-order valence-corrected chi connectivity index (χ4v) is 3.70. The van der Waals surface area contributed by atoms with Gasteiger partial charge in [-0.15, -0.1) is 0 Å². The van der Waals surface area contributed by atoms with Crippen LogP contribution in [0.2, 0.25) is 0 Å². The molecule has 2 aromatic carbocycles. The summed E-state index contributed by atoms with van der Waals surface area (Å²) < 4.78 is 2.30. The average Bonchev–Trinajstić information content (AvgIpc) is 3.46. The molecule has 4 aromatic rings. The van der Waals surface area contributed by atoms with Crippen molar-refractivity contribution in [2.75, 3.05) is 5.73 Å². The normalized spacial score (nSPS) is 14.0. The van der Waals surface area contributed by atoms with Crippen molar-refractivity contribution in [3.63, 3.8) is 0 Å². The number of nitrogens with zero attached hydrogens (tertiary/aromatic N) is 3. The molecule has 0 aliphatic heterocycles. The molecule has 0 radical (unpaired) electrons. The summed E-state index contributed by atoms with van der Waals surface area (Å²) in [7, 11) is 0. The number of pyridine rings is 1. The van der Waals surface area contributed by atoms with Crippen LogP contribution in [0.3, 0.4) is 0 Å². The first kappa shape index (κ1) is 16.1. The first-order valence-electron chi connectivity index (χ1n) is 9.46. The molecule has 1 aliphatic rings. The van der Waals surface area contributed by atoms with Crippen LogP contribution >= 0.6 is 0 Å². The van der Waals surface area contributed by atoms with Gasteiger partial charge in [-0.2, -0.15) is 0 Å². The molecule has 0 unspecified atom stereocenters. The number of rotatable bonds is 4. The third kappa shape index (κ3) is 2.87. The Balaban J connectivity index is 1.51. The van der Waals surface area contributed by atoms with E-state index in [2.05, 4.69) is 46.8 Å². The Labute approximate surface area is 158 Å². The summed E-state index contributed by atoms with van der Waals surface area (Å²) in [5.74, 6) is 1.77. The maximum Gasteiger partial charge on any atom is 0.160 e. The number of nitrogen functional groups attached to an aromatic ring is 1. The lowest BCUT2D eigenvalue weighted by Gasteiger charge is -2.10. The van der Waals surface area contributed by atoms with Crippen LogP contribution in [-0.2, 0) is 6.54 Å².